The van der Waals surface area contributed by atoms with Crippen molar-refractivity contribution in [2.45, 2.75) is 148 Å². The van der Waals surface area contributed by atoms with Gasteiger partial charge in [-0.3, -0.25) is 0 Å². The highest BCUT2D eigenvalue weighted by Gasteiger charge is 2.24. The van der Waals surface area contributed by atoms with E-state index in [4.69, 9.17) is 19.4 Å². The Hall–Kier alpha value is -2.88. The van der Waals surface area contributed by atoms with E-state index in [2.05, 4.69) is 24.3 Å². The van der Waals surface area contributed by atoms with E-state index < -0.39 is 0 Å². The van der Waals surface area contributed by atoms with Crippen molar-refractivity contribution in [3.05, 3.63) is 60.4 Å². The summed E-state index contributed by atoms with van der Waals surface area (Å²) in [6.07, 6.45) is 33.9. The van der Waals surface area contributed by atoms with E-state index >= 15 is 0 Å². The van der Waals surface area contributed by atoms with E-state index in [1.165, 1.54) is 140 Å². The first-order chi connectivity index (χ1) is 22.3. The highest BCUT2D eigenvalue weighted by molar-refractivity contribution is 5.65. The van der Waals surface area contributed by atoms with Gasteiger partial charge in [0.1, 0.15) is 0 Å². The molecule has 2 heterocycles. The lowest BCUT2D eigenvalue weighted by Gasteiger charge is -2.09. The molecule has 45 heavy (non-hydrogen) atoms. The fourth-order valence-corrected chi connectivity index (χ4v) is 6.84. The molecule has 4 heteroatoms. The lowest BCUT2D eigenvalue weighted by Crippen LogP contribution is -2.17. The van der Waals surface area contributed by atoms with Gasteiger partial charge >= 0.3 is 0 Å². The molecule has 0 N–H and O–H groups in total. The molecule has 2 aliphatic carbocycles. The Bertz CT molecular complexity index is 1280. The molecule has 3 aliphatic rings. The molecule has 2 aromatic carbocycles. The van der Waals surface area contributed by atoms with Gasteiger partial charge in [0.05, 0.1) is 0 Å². The topological polar surface area (TPSA) is 44.2 Å². The molecular formula is C41H56N2O2. The Kier molecular flexibility index (Phi) is 12.2. The summed E-state index contributed by atoms with van der Waals surface area (Å²) in [7, 11) is 0. The van der Waals surface area contributed by atoms with Crippen LogP contribution in [0.4, 0.5) is 0 Å². The largest absolute Gasteiger partial charge is 0.451 e. The van der Waals surface area contributed by atoms with Gasteiger partial charge in [-0.05, 0) is 60.4 Å². The number of rotatable bonds is 22. The molecule has 0 saturated heterocycles. The molecule has 0 radical (unpaired) electrons. The first kappa shape index (κ1) is 32.1. The minimum absolute atomic E-state index is 0.175. The van der Waals surface area contributed by atoms with E-state index in [0.717, 1.165) is 47.3 Å². The van der Waals surface area contributed by atoms with Crippen molar-refractivity contribution in [1.29, 1.82) is 0 Å². The fourth-order valence-electron chi connectivity index (χ4n) is 6.84. The summed E-state index contributed by atoms with van der Waals surface area (Å²) in [6.45, 7) is 0. The molecular weight excluding hydrogens is 552 g/mol. The van der Waals surface area contributed by atoms with E-state index in [-0.39, 0.29) is 6.29 Å². The van der Waals surface area contributed by atoms with Crippen LogP contribution in [0.2, 0.25) is 0 Å². The summed E-state index contributed by atoms with van der Waals surface area (Å²) < 4.78 is 12.2. The first-order valence-electron chi connectivity index (χ1n) is 18.7. The Balaban J connectivity index is 0.864. The standard InChI is InChI=1S/C41H56N2O2/c1(3-7-11-15-32-19-20-32)4-9-13-17-34-23-25-35(26-24-34)37-30-42-41(43-31-37)36-27-28-38-39(29-36)45-40(44-38)18-14-10-6-2-5-8-12-16-33-21-22-33/h23-33,40H,1-22H2. The van der Waals surface area contributed by atoms with Crippen LogP contribution < -0.4 is 9.47 Å². The van der Waals surface area contributed by atoms with Gasteiger partial charge in [-0.1, -0.05) is 140 Å². The van der Waals surface area contributed by atoms with E-state index in [9.17, 15) is 0 Å². The zero-order valence-electron chi connectivity index (χ0n) is 27.7. The quantitative estimate of drug-likeness (QED) is 0.106. The second-order valence-corrected chi connectivity index (χ2v) is 14.3. The van der Waals surface area contributed by atoms with E-state index in [0.29, 0.717) is 5.82 Å². The number of fused-ring (bicyclic) bond motifs is 1. The third-order valence-electron chi connectivity index (χ3n) is 10.2. The molecule has 1 unspecified atom stereocenters. The van der Waals surface area contributed by atoms with Gasteiger partial charge in [-0.25, -0.2) is 9.97 Å². The van der Waals surface area contributed by atoms with Crippen molar-refractivity contribution in [1.82, 2.24) is 9.97 Å². The van der Waals surface area contributed by atoms with Gasteiger partial charge in [0, 0.05) is 29.9 Å². The van der Waals surface area contributed by atoms with Crippen molar-refractivity contribution in [3.8, 4) is 34.0 Å². The molecule has 242 valence electrons. The lowest BCUT2D eigenvalue weighted by atomic mass is 10.0. The maximum absolute atomic E-state index is 6.15. The Labute approximate surface area is 272 Å². The molecule has 3 aromatic rings. The zero-order valence-corrected chi connectivity index (χ0v) is 27.7. The number of ether oxygens (including phenoxy) is 2. The summed E-state index contributed by atoms with van der Waals surface area (Å²) in [5.74, 6) is 4.53. The molecule has 4 nitrogen and oxygen atoms in total. The highest BCUT2D eigenvalue weighted by atomic mass is 16.7. The van der Waals surface area contributed by atoms with Crippen LogP contribution in [-0.2, 0) is 6.42 Å². The first-order valence-corrected chi connectivity index (χ1v) is 18.7. The molecule has 2 fully saturated rings. The maximum atomic E-state index is 6.15. The summed E-state index contributed by atoms with van der Waals surface area (Å²) >= 11 is 0. The number of unbranched alkanes of at least 4 members (excludes halogenated alkanes) is 12. The lowest BCUT2D eigenvalue weighted by molar-refractivity contribution is 0.0395. The van der Waals surface area contributed by atoms with Gasteiger partial charge in [0.15, 0.2) is 17.3 Å². The average molecular weight is 609 g/mol. The van der Waals surface area contributed by atoms with Crippen molar-refractivity contribution < 1.29 is 9.47 Å². The maximum Gasteiger partial charge on any atom is 0.241 e. The van der Waals surface area contributed by atoms with Crippen LogP contribution >= 0.6 is 0 Å². The fraction of sp³-hybridized carbons (Fsp3) is 0.610. The van der Waals surface area contributed by atoms with Crippen molar-refractivity contribution in [2.24, 2.45) is 11.8 Å². The molecule has 1 aliphatic heterocycles. The number of hydrogen-bond donors (Lipinski definition) is 0. The number of hydrogen-bond acceptors (Lipinski definition) is 4. The number of benzene rings is 2. The van der Waals surface area contributed by atoms with Gasteiger partial charge in [0.25, 0.3) is 0 Å². The molecule has 2 saturated carbocycles. The summed E-state index contributed by atoms with van der Waals surface area (Å²) in [5, 5.41) is 0. The Morgan fingerprint density at radius 1 is 0.489 bits per heavy atom. The third kappa shape index (κ3) is 10.9. The smallest absolute Gasteiger partial charge is 0.241 e. The molecule has 0 bridgehead atoms. The van der Waals surface area contributed by atoms with E-state index in [1.807, 2.05) is 30.6 Å². The summed E-state index contributed by atoms with van der Waals surface area (Å²) in [5.41, 5.74) is 4.60. The second kappa shape index (κ2) is 17.2. The van der Waals surface area contributed by atoms with Gasteiger partial charge in [0.2, 0.25) is 6.29 Å². The minimum Gasteiger partial charge on any atom is -0.451 e. The van der Waals surface area contributed by atoms with Crippen LogP contribution in [0.15, 0.2) is 54.9 Å². The highest BCUT2D eigenvalue weighted by Crippen LogP contribution is 2.39. The van der Waals surface area contributed by atoms with E-state index in [1.54, 1.807) is 0 Å². The average Bonchev–Trinajstić information content (AvgIpc) is 4.02. The van der Waals surface area contributed by atoms with Gasteiger partial charge in [-0.15, -0.1) is 0 Å². The summed E-state index contributed by atoms with van der Waals surface area (Å²) in [6, 6.07) is 15.0. The Morgan fingerprint density at radius 3 is 1.60 bits per heavy atom. The number of aromatic nitrogens is 2. The van der Waals surface area contributed by atoms with Crippen LogP contribution in [0.25, 0.3) is 22.5 Å². The number of nitrogens with zero attached hydrogens (tertiary/aromatic N) is 2. The van der Waals surface area contributed by atoms with Crippen LogP contribution in [0.5, 0.6) is 11.5 Å². The van der Waals surface area contributed by atoms with Crippen LogP contribution in [0.1, 0.15) is 140 Å². The van der Waals surface area contributed by atoms with Crippen molar-refractivity contribution >= 4 is 0 Å². The molecule has 0 amide bonds. The van der Waals surface area contributed by atoms with Crippen LogP contribution in [0.3, 0.4) is 0 Å². The SMILES string of the molecule is c1cc(-c2cnc(-c3ccc4c(c3)OC(CCCCCCCCCC3CC3)O4)nc2)ccc1CCCCCCCCCC1CC1. The van der Waals surface area contributed by atoms with Gasteiger partial charge < -0.3 is 9.47 Å². The van der Waals surface area contributed by atoms with Crippen LogP contribution in [-0.4, -0.2) is 16.3 Å². The second-order valence-electron chi connectivity index (χ2n) is 14.3. The molecule has 1 atom stereocenters. The third-order valence-corrected chi connectivity index (χ3v) is 10.2. The van der Waals surface area contributed by atoms with Crippen molar-refractivity contribution in [3.63, 3.8) is 0 Å². The predicted octanol–water partition coefficient (Wildman–Crippen LogP) is 11.9. The monoisotopic (exact) mass is 608 g/mol. The Morgan fingerprint density at radius 2 is 1.00 bits per heavy atom. The molecule has 6 rings (SSSR count). The number of aryl methyl sites for hydroxylation is 1. The van der Waals surface area contributed by atoms with Crippen LogP contribution in [0, 0.1) is 11.8 Å². The predicted molar refractivity (Wildman–Crippen MR) is 186 cm³/mol. The normalized spacial score (nSPS) is 17.2. The minimum atomic E-state index is -0.175. The summed E-state index contributed by atoms with van der Waals surface area (Å²) in [4.78, 5) is 9.40. The zero-order chi connectivity index (χ0) is 30.5. The van der Waals surface area contributed by atoms with Gasteiger partial charge in [-0.2, -0.15) is 0 Å². The molecule has 1 aromatic heterocycles. The molecule has 0 spiro atoms. The van der Waals surface area contributed by atoms with Crippen molar-refractivity contribution in [2.75, 3.05) is 0 Å².